The maximum absolute atomic E-state index is 12.4. The number of fused-ring (bicyclic) bond motifs is 1. The molecule has 0 unspecified atom stereocenters. The van der Waals surface area contributed by atoms with Crippen LogP contribution < -0.4 is 11.1 Å². The van der Waals surface area contributed by atoms with E-state index >= 15 is 0 Å². The molecule has 0 radical (unpaired) electrons. The summed E-state index contributed by atoms with van der Waals surface area (Å²) in [5.41, 5.74) is 6.29. The van der Waals surface area contributed by atoms with Gasteiger partial charge in [-0.2, -0.15) is 0 Å². The lowest BCUT2D eigenvalue weighted by Gasteiger charge is -2.32. The first-order valence-electron chi connectivity index (χ1n) is 6.92. The lowest BCUT2D eigenvalue weighted by atomic mass is 10.0. The number of anilines is 1. The minimum Gasteiger partial charge on any atom is -0.383 e. The number of benzene rings is 1. The molecule has 2 rings (SSSR count). The molecule has 5 nitrogen and oxygen atoms in total. The number of nitrogen functional groups attached to an aromatic ring is 1. The lowest BCUT2D eigenvalue weighted by molar-refractivity contribution is 0.0921. The Balaban J connectivity index is 2.27. The number of carbonyl (C=O) groups excluding carboxylic acids is 1. The molecule has 1 aromatic carbocycles. The zero-order chi connectivity index (χ0) is 15.6. The van der Waals surface area contributed by atoms with Crippen LogP contribution in [0.25, 0.3) is 10.8 Å². The van der Waals surface area contributed by atoms with E-state index in [2.05, 4.69) is 29.0 Å². The number of hydrogen-bond acceptors (Lipinski definition) is 4. The molecule has 0 saturated heterocycles. The van der Waals surface area contributed by atoms with E-state index in [1.165, 1.54) is 6.20 Å². The first-order valence-corrected chi connectivity index (χ1v) is 6.92. The highest BCUT2D eigenvalue weighted by atomic mass is 16.1. The van der Waals surface area contributed by atoms with Gasteiger partial charge in [0.25, 0.3) is 5.91 Å². The van der Waals surface area contributed by atoms with Crippen LogP contribution in [0.2, 0.25) is 0 Å². The van der Waals surface area contributed by atoms with Crippen molar-refractivity contribution in [2.45, 2.75) is 19.4 Å². The van der Waals surface area contributed by atoms with Gasteiger partial charge in [0, 0.05) is 23.7 Å². The van der Waals surface area contributed by atoms with Gasteiger partial charge in [-0.25, -0.2) is 4.98 Å². The van der Waals surface area contributed by atoms with E-state index in [1.54, 1.807) is 0 Å². The van der Waals surface area contributed by atoms with E-state index in [1.807, 2.05) is 38.4 Å². The van der Waals surface area contributed by atoms with Crippen molar-refractivity contribution in [1.29, 1.82) is 0 Å². The zero-order valence-electron chi connectivity index (χ0n) is 13.0. The van der Waals surface area contributed by atoms with Crippen LogP contribution in [0.4, 0.5) is 5.82 Å². The van der Waals surface area contributed by atoms with Crippen LogP contribution in [-0.4, -0.2) is 42.0 Å². The van der Waals surface area contributed by atoms with Crippen LogP contribution in [0.1, 0.15) is 24.2 Å². The second-order valence-corrected chi connectivity index (χ2v) is 5.99. The van der Waals surface area contributed by atoms with Crippen molar-refractivity contribution in [3.63, 3.8) is 0 Å². The van der Waals surface area contributed by atoms with Gasteiger partial charge in [-0.15, -0.1) is 0 Å². The van der Waals surface area contributed by atoms with E-state index in [9.17, 15) is 4.79 Å². The van der Waals surface area contributed by atoms with Crippen molar-refractivity contribution in [3.8, 4) is 0 Å². The van der Waals surface area contributed by atoms with Gasteiger partial charge < -0.3 is 16.0 Å². The molecule has 0 spiro atoms. The number of rotatable bonds is 4. The Bertz CT molecular complexity index is 664. The predicted molar refractivity (Wildman–Crippen MR) is 86.3 cm³/mol. The number of amides is 1. The largest absolute Gasteiger partial charge is 0.383 e. The van der Waals surface area contributed by atoms with Crippen molar-refractivity contribution >= 4 is 22.5 Å². The molecule has 0 bridgehead atoms. The average Bonchev–Trinajstić information content (AvgIpc) is 2.45. The predicted octanol–water partition coefficient (Wildman–Crippen LogP) is 1.89. The Morgan fingerprint density at radius 2 is 1.90 bits per heavy atom. The van der Waals surface area contributed by atoms with Gasteiger partial charge in [-0.1, -0.05) is 24.3 Å². The molecule has 5 heteroatoms. The van der Waals surface area contributed by atoms with Crippen molar-refractivity contribution in [2.75, 3.05) is 26.4 Å². The molecule has 2 aromatic rings. The van der Waals surface area contributed by atoms with Gasteiger partial charge in [0.15, 0.2) is 0 Å². The normalized spacial score (nSPS) is 11.9. The van der Waals surface area contributed by atoms with E-state index in [-0.39, 0.29) is 11.4 Å². The molecular weight excluding hydrogens is 264 g/mol. The second kappa shape index (κ2) is 5.69. The zero-order valence-corrected chi connectivity index (χ0v) is 13.0. The van der Waals surface area contributed by atoms with E-state index in [0.717, 1.165) is 10.8 Å². The molecule has 3 N–H and O–H groups in total. The highest BCUT2D eigenvalue weighted by Crippen LogP contribution is 2.22. The Kier molecular flexibility index (Phi) is 4.14. The molecule has 21 heavy (non-hydrogen) atoms. The number of likely N-dealkylation sites (N-methyl/N-ethyl adjacent to an activating group) is 1. The number of nitrogens with zero attached hydrogens (tertiary/aromatic N) is 2. The van der Waals surface area contributed by atoms with Crippen LogP contribution >= 0.6 is 0 Å². The molecule has 0 aliphatic rings. The molecule has 0 aliphatic carbocycles. The number of nitrogens with two attached hydrogens (primary N) is 1. The van der Waals surface area contributed by atoms with Crippen LogP contribution in [-0.2, 0) is 0 Å². The first kappa shape index (κ1) is 15.3. The standard InChI is InChI=1S/C16H22N4O/c1-16(2,20(3)4)10-19-15(21)13-9-18-14(17)12-8-6-5-7-11(12)13/h5-9H,10H2,1-4H3,(H2,17,18)(H,19,21). The Labute approximate surface area is 125 Å². The molecule has 0 saturated carbocycles. The summed E-state index contributed by atoms with van der Waals surface area (Å²) in [4.78, 5) is 18.6. The number of pyridine rings is 1. The van der Waals surface area contributed by atoms with Gasteiger partial charge in [-0.05, 0) is 33.3 Å². The first-order chi connectivity index (χ1) is 9.83. The third-order valence-corrected chi connectivity index (χ3v) is 3.96. The number of carbonyl (C=O) groups is 1. The molecule has 112 valence electrons. The fraction of sp³-hybridized carbons (Fsp3) is 0.375. The maximum atomic E-state index is 12.4. The topological polar surface area (TPSA) is 71.2 Å². The molecular formula is C16H22N4O. The summed E-state index contributed by atoms with van der Waals surface area (Å²) in [6, 6.07) is 7.54. The van der Waals surface area contributed by atoms with Gasteiger partial charge in [0.2, 0.25) is 0 Å². The number of hydrogen-bond donors (Lipinski definition) is 2. The second-order valence-electron chi connectivity index (χ2n) is 5.99. The monoisotopic (exact) mass is 286 g/mol. The lowest BCUT2D eigenvalue weighted by Crippen LogP contribution is -2.48. The maximum Gasteiger partial charge on any atom is 0.253 e. The summed E-state index contributed by atoms with van der Waals surface area (Å²) in [5.74, 6) is 0.310. The highest BCUT2D eigenvalue weighted by Gasteiger charge is 2.22. The molecule has 1 amide bonds. The minimum atomic E-state index is -0.131. The fourth-order valence-corrected chi connectivity index (χ4v) is 1.95. The van der Waals surface area contributed by atoms with Crippen LogP contribution in [0, 0.1) is 0 Å². The van der Waals surface area contributed by atoms with Crippen LogP contribution in [0.3, 0.4) is 0 Å². The average molecular weight is 286 g/mol. The van der Waals surface area contributed by atoms with Gasteiger partial charge >= 0.3 is 0 Å². The highest BCUT2D eigenvalue weighted by molar-refractivity contribution is 6.08. The van der Waals surface area contributed by atoms with E-state index in [0.29, 0.717) is 17.9 Å². The summed E-state index contributed by atoms with van der Waals surface area (Å²) in [6.45, 7) is 4.71. The molecule has 0 fully saturated rings. The van der Waals surface area contributed by atoms with Gasteiger partial charge in [0.05, 0.1) is 5.56 Å². The smallest absolute Gasteiger partial charge is 0.253 e. The summed E-state index contributed by atoms with van der Waals surface area (Å²) in [6.07, 6.45) is 1.54. The number of aromatic nitrogens is 1. The quantitative estimate of drug-likeness (QED) is 0.900. The summed E-state index contributed by atoms with van der Waals surface area (Å²) in [7, 11) is 3.98. The number of nitrogens with one attached hydrogen (secondary N) is 1. The SMILES string of the molecule is CN(C)C(C)(C)CNC(=O)c1cnc(N)c2ccccc12. The van der Waals surface area contributed by atoms with Crippen LogP contribution in [0.15, 0.2) is 30.5 Å². The minimum absolute atomic E-state index is 0.118. The summed E-state index contributed by atoms with van der Waals surface area (Å²) in [5, 5.41) is 4.60. The fourth-order valence-electron chi connectivity index (χ4n) is 1.95. The Hall–Kier alpha value is -2.14. The van der Waals surface area contributed by atoms with E-state index in [4.69, 9.17) is 5.73 Å². The molecule has 1 heterocycles. The van der Waals surface area contributed by atoms with Crippen LogP contribution in [0.5, 0.6) is 0 Å². The summed E-state index contributed by atoms with van der Waals surface area (Å²) >= 11 is 0. The Morgan fingerprint density at radius 3 is 2.52 bits per heavy atom. The van der Waals surface area contributed by atoms with Gasteiger partial charge in [0.1, 0.15) is 5.82 Å². The molecule has 1 aromatic heterocycles. The van der Waals surface area contributed by atoms with Crippen molar-refractivity contribution in [2.24, 2.45) is 0 Å². The third-order valence-electron chi connectivity index (χ3n) is 3.96. The molecule has 0 atom stereocenters. The Morgan fingerprint density at radius 1 is 1.29 bits per heavy atom. The van der Waals surface area contributed by atoms with Gasteiger partial charge in [-0.3, -0.25) is 4.79 Å². The molecule has 0 aliphatic heterocycles. The summed E-state index contributed by atoms with van der Waals surface area (Å²) < 4.78 is 0. The van der Waals surface area contributed by atoms with E-state index < -0.39 is 0 Å². The van der Waals surface area contributed by atoms with Crippen molar-refractivity contribution in [3.05, 3.63) is 36.0 Å². The van der Waals surface area contributed by atoms with Crippen molar-refractivity contribution < 1.29 is 4.79 Å². The third kappa shape index (κ3) is 3.13. The van der Waals surface area contributed by atoms with Crippen molar-refractivity contribution in [1.82, 2.24) is 15.2 Å².